The van der Waals surface area contributed by atoms with E-state index in [1.807, 2.05) is 0 Å². The second-order valence-corrected chi connectivity index (χ2v) is 6.70. The highest BCUT2D eigenvalue weighted by molar-refractivity contribution is 9.10. The molecule has 118 valence electrons. The Hall–Kier alpha value is -1.61. The summed E-state index contributed by atoms with van der Waals surface area (Å²) in [7, 11) is -3.66. The van der Waals surface area contributed by atoms with Gasteiger partial charge in [0.1, 0.15) is 15.5 Å². The Balaban J connectivity index is 2.87. The molecule has 2 rings (SSSR count). The van der Waals surface area contributed by atoms with Gasteiger partial charge >= 0.3 is 0 Å². The largest absolute Gasteiger partial charge is 0.495 e. The fourth-order valence-electron chi connectivity index (χ4n) is 1.77. The summed E-state index contributed by atoms with van der Waals surface area (Å²) in [4.78, 5) is -2.17. The number of benzene rings is 2. The molecule has 0 saturated heterocycles. The zero-order valence-electron chi connectivity index (χ0n) is 10.8. The van der Waals surface area contributed by atoms with E-state index in [2.05, 4.69) is 15.9 Å². The topological polar surface area (TPSA) is 43.4 Å². The zero-order valence-corrected chi connectivity index (χ0v) is 13.2. The lowest BCUT2D eigenvalue weighted by atomic mass is 10.3. The Kier molecular flexibility index (Phi) is 4.48. The monoisotopic (exact) mass is 398 g/mol. The third kappa shape index (κ3) is 2.48. The standard InChI is InChI=1S/C13H7BrF4O3S/c1-21-6-4-2-3-5-7(6)22(19,20)13-10(16)8(14)9(15)11(17)12(13)18/h2-5H,1H3. The van der Waals surface area contributed by atoms with E-state index in [0.717, 1.165) is 13.2 Å². The van der Waals surface area contributed by atoms with Crippen molar-refractivity contribution in [3.63, 3.8) is 0 Å². The van der Waals surface area contributed by atoms with Gasteiger partial charge in [-0.15, -0.1) is 0 Å². The third-order valence-corrected chi connectivity index (χ3v) is 5.31. The van der Waals surface area contributed by atoms with Crippen molar-refractivity contribution in [1.82, 2.24) is 0 Å². The van der Waals surface area contributed by atoms with Crippen LogP contribution in [-0.4, -0.2) is 15.5 Å². The lowest BCUT2D eigenvalue weighted by Crippen LogP contribution is -2.12. The summed E-state index contributed by atoms with van der Waals surface area (Å²) in [6, 6.07) is 5.01. The highest BCUT2D eigenvalue weighted by Gasteiger charge is 2.34. The normalized spacial score (nSPS) is 11.5. The molecular formula is C13H7BrF4O3S. The number of para-hydroxylation sites is 1. The summed E-state index contributed by atoms with van der Waals surface area (Å²) in [5, 5.41) is 0. The maximum absolute atomic E-state index is 14.0. The number of hydrogen-bond donors (Lipinski definition) is 0. The second-order valence-electron chi connectivity index (χ2n) is 4.05. The van der Waals surface area contributed by atoms with Crippen LogP contribution >= 0.6 is 15.9 Å². The Bertz CT molecular complexity index is 824. The average molecular weight is 399 g/mol. The maximum atomic E-state index is 14.0. The minimum Gasteiger partial charge on any atom is -0.495 e. The number of halogens is 5. The minimum absolute atomic E-state index is 0.192. The van der Waals surface area contributed by atoms with Crippen molar-refractivity contribution in [3.05, 3.63) is 52.0 Å². The third-order valence-electron chi connectivity index (χ3n) is 2.80. The maximum Gasteiger partial charge on any atom is 0.216 e. The smallest absolute Gasteiger partial charge is 0.216 e. The fraction of sp³-hybridized carbons (Fsp3) is 0.0769. The van der Waals surface area contributed by atoms with Gasteiger partial charge < -0.3 is 4.74 Å². The summed E-state index contributed by atoms with van der Waals surface area (Å²) in [6.45, 7) is 0. The van der Waals surface area contributed by atoms with Crippen molar-refractivity contribution < 1.29 is 30.7 Å². The van der Waals surface area contributed by atoms with Gasteiger partial charge in [-0.1, -0.05) is 12.1 Å². The number of methoxy groups -OCH3 is 1. The SMILES string of the molecule is COc1ccccc1S(=O)(=O)c1c(F)c(F)c(F)c(Br)c1F. The Labute approximate surface area is 131 Å². The Morgan fingerprint density at radius 3 is 2.14 bits per heavy atom. The molecule has 0 fully saturated rings. The number of ether oxygens (including phenoxy) is 1. The lowest BCUT2D eigenvalue weighted by Gasteiger charge is -2.12. The summed E-state index contributed by atoms with van der Waals surface area (Å²) >= 11 is 2.36. The molecule has 0 amide bonds. The van der Waals surface area contributed by atoms with Crippen molar-refractivity contribution in [2.24, 2.45) is 0 Å². The van der Waals surface area contributed by atoms with Crippen LogP contribution in [0.25, 0.3) is 0 Å². The molecule has 0 saturated carbocycles. The van der Waals surface area contributed by atoms with Gasteiger partial charge in [0.25, 0.3) is 0 Å². The van der Waals surface area contributed by atoms with Crippen LogP contribution in [0.3, 0.4) is 0 Å². The quantitative estimate of drug-likeness (QED) is 0.341. The van der Waals surface area contributed by atoms with E-state index in [4.69, 9.17) is 4.74 Å². The molecule has 22 heavy (non-hydrogen) atoms. The number of hydrogen-bond acceptors (Lipinski definition) is 3. The highest BCUT2D eigenvalue weighted by atomic mass is 79.9. The van der Waals surface area contributed by atoms with Crippen LogP contribution in [0.4, 0.5) is 17.6 Å². The predicted molar refractivity (Wildman–Crippen MR) is 72.4 cm³/mol. The summed E-state index contributed by atoms with van der Waals surface area (Å²) in [6.07, 6.45) is 0. The number of sulfone groups is 1. The molecular weight excluding hydrogens is 392 g/mol. The molecule has 0 heterocycles. The summed E-state index contributed by atoms with van der Waals surface area (Å²) < 4.78 is 83.0. The fourth-order valence-corrected chi connectivity index (χ4v) is 3.83. The summed E-state index contributed by atoms with van der Waals surface area (Å²) in [5.74, 6) is -8.04. The van der Waals surface area contributed by atoms with Gasteiger partial charge in [0.15, 0.2) is 23.3 Å². The molecule has 0 aliphatic carbocycles. The Morgan fingerprint density at radius 1 is 0.955 bits per heavy atom. The van der Waals surface area contributed by atoms with Crippen molar-refractivity contribution in [1.29, 1.82) is 0 Å². The highest BCUT2D eigenvalue weighted by Crippen LogP contribution is 2.36. The first kappa shape index (κ1) is 16.8. The first-order valence-electron chi connectivity index (χ1n) is 5.63. The molecule has 0 aromatic heterocycles. The predicted octanol–water partition coefficient (Wildman–Crippen LogP) is 3.85. The van der Waals surface area contributed by atoms with Gasteiger partial charge in [-0.3, -0.25) is 0 Å². The minimum atomic E-state index is -4.82. The van der Waals surface area contributed by atoms with E-state index in [1.165, 1.54) is 18.2 Å². The molecule has 0 aliphatic rings. The molecule has 0 radical (unpaired) electrons. The van der Waals surface area contributed by atoms with Crippen LogP contribution in [0.5, 0.6) is 5.75 Å². The molecule has 3 nitrogen and oxygen atoms in total. The lowest BCUT2D eigenvalue weighted by molar-refractivity contribution is 0.398. The Morgan fingerprint density at radius 2 is 1.55 bits per heavy atom. The molecule has 0 unspecified atom stereocenters. The van der Waals surface area contributed by atoms with E-state index in [1.54, 1.807) is 0 Å². The van der Waals surface area contributed by atoms with Crippen LogP contribution in [0.1, 0.15) is 0 Å². The zero-order chi connectivity index (χ0) is 16.7. The molecule has 2 aromatic rings. The van der Waals surface area contributed by atoms with Crippen molar-refractivity contribution in [2.75, 3.05) is 7.11 Å². The first-order valence-corrected chi connectivity index (χ1v) is 7.90. The second kappa shape index (κ2) is 5.88. The molecule has 0 aliphatic heterocycles. The van der Waals surface area contributed by atoms with Gasteiger partial charge in [0.2, 0.25) is 9.84 Å². The van der Waals surface area contributed by atoms with Crippen molar-refractivity contribution in [2.45, 2.75) is 9.79 Å². The molecule has 0 spiro atoms. The van der Waals surface area contributed by atoms with Gasteiger partial charge in [-0.25, -0.2) is 26.0 Å². The van der Waals surface area contributed by atoms with Crippen molar-refractivity contribution in [3.8, 4) is 5.75 Å². The number of rotatable bonds is 3. The van der Waals surface area contributed by atoms with Gasteiger partial charge in [-0.2, -0.15) is 0 Å². The van der Waals surface area contributed by atoms with E-state index in [-0.39, 0.29) is 5.75 Å². The van der Waals surface area contributed by atoms with Crippen LogP contribution in [0.2, 0.25) is 0 Å². The van der Waals surface area contributed by atoms with Crippen LogP contribution in [0.15, 0.2) is 38.5 Å². The van der Waals surface area contributed by atoms with Crippen LogP contribution in [-0.2, 0) is 9.84 Å². The van der Waals surface area contributed by atoms with Gasteiger partial charge in [0.05, 0.1) is 11.6 Å². The van der Waals surface area contributed by atoms with E-state index >= 15 is 0 Å². The molecule has 0 N–H and O–H groups in total. The van der Waals surface area contributed by atoms with Gasteiger partial charge in [0, 0.05) is 0 Å². The molecule has 0 bridgehead atoms. The van der Waals surface area contributed by atoms with Crippen LogP contribution < -0.4 is 4.74 Å². The molecule has 2 aromatic carbocycles. The summed E-state index contributed by atoms with van der Waals surface area (Å²) in [5.41, 5.74) is 0. The average Bonchev–Trinajstić information content (AvgIpc) is 2.50. The van der Waals surface area contributed by atoms with E-state index in [9.17, 15) is 26.0 Å². The first-order chi connectivity index (χ1) is 10.2. The van der Waals surface area contributed by atoms with E-state index < -0.39 is 47.4 Å². The molecule has 9 heteroatoms. The van der Waals surface area contributed by atoms with Crippen LogP contribution in [0, 0.1) is 23.3 Å². The van der Waals surface area contributed by atoms with Crippen molar-refractivity contribution >= 4 is 25.8 Å². The van der Waals surface area contributed by atoms with E-state index in [0.29, 0.717) is 0 Å². The van der Waals surface area contributed by atoms with Gasteiger partial charge in [-0.05, 0) is 28.1 Å². The molecule has 0 atom stereocenters.